The van der Waals surface area contributed by atoms with Gasteiger partial charge in [-0.15, -0.1) is 0 Å². The molecule has 1 atom stereocenters. The van der Waals surface area contributed by atoms with Gasteiger partial charge in [0.15, 0.2) is 0 Å². The number of likely N-dealkylation sites (tertiary alicyclic amines) is 2. The van der Waals surface area contributed by atoms with Crippen molar-refractivity contribution in [3.8, 4) is 0 Å². The third kappa shape index (κ3) is 5.00. The van der Waals surface area contributed by atoms with E-state index in [1.54, 1.807) is 12.1 Å². The van der Waals surface area contributed by atoms with Crippen LogP contribution in [0.25, 0.3) is 10.9 Å². The summed E-state index contributed by atoms with van der Waals surface area (Å²) >= 11 is 0. The summed E-state index contributed by atoms with van der Waals surface area (Å²) in [7, 11) is 2.12. The Hall–Kier alpha value is -2.79. The second kappa shape index (κ2) is 9.83. The molecule has 0 unspecified atom stereocenters. The van der Waals surface area contributed by atoms with Crippen LogP contribution in [0.5, 0.6) is 0 Å². The molecule has 34 heavy (non-hydrogen) atoms. The Balaban J connectivity index is 1.32. The molecule has 0 radical (unpaired) electrons. The molecule has 0 spiro atoms. The quantitative estimate of drug-likeness (QED) is 0.532. The van der Waals surface area contributed by atoms with Gasteiger partial charge in [-0.1, -0.05) is 24.3 Å². The molecule has 0 saturated carbocycles. The van der Waals surface area contributed by atoms with Crippen LogP contribution in [0.15, 0.2) is 60.8 Å². The molecule has 2 saturated heterocycles. The Morgan fingerprint density at radius 3 is 2.74 bits per heavy atom. The normalized spacial score (nSPS) is 21.0. The maximum Gasteiger partial charge on any atom is 0.229 e. The highest BCUT2D eigenvalue weighted by Gasteiger charge is 2.44. The molecule has 0 N–H and O–H groups in total. The van der Waals surface area contributed by atoms with Gasteiger partial charge >= 0.3 is 0 Å². The number of amides is 1. The molecule has 1 aromatic heterocycles. The SMILES string of the molecule is CN1CCC(Cc2cccc(F)c2)(C(=O)N2CCC[C@@H](Cc3ccc4ncccc4c3)C2)CC1. The maximum absolute atomic E-state index is 14.0. The maximum atomic E-state index is 14.0. The van der Waals surface area contributed by atoms with Gasteiger partial charge in [0.05, 0.1) is 10.9 Å². The minimum Gasteiger partial charge on any atom is -0.342 e. The first-order chi connectivity index (χ1) is 16.5. The van der Waals surface area contributed by atoms with E-state index in [1.807, 2.05) is 18.3 Å². The number of rotatable bonds is 5. The van der Waals surface area contributed by atoms with Gasteiger partial charge in [-0.2, -0.15) is 0 Å². The van der Waals surface area contributed by atoms with E-state index in [2.05, 4.69) is 46.1 Å². The molecule has 2 aliphatic heterocycles. The van der Waals surface area contributed by atoms with Crippen LogP contribution in [0.3, 0.4) is 0 Å². The third-order valence-corrected chi connectivity index (χ3v) is 7.83. The van der Waals surface area contributed by atoms with Crippen LogP contribution >= 0.6 is 0 Å². The van der Waals surface area contributed by atoms with Crippen molar-refractivity contribution in [2.75, 3.05) is 33.2 Å². The number of hydrogen-bond donors (Lipinski definition) is 0. The number of piperidine rings is 2. The zero-order valence-electron chi connectivity index (χ0n) is 20.0. The average molecular weight is 460 g/mol. The highest BCUT2D eigenvalue weighted by atomic mass is 19.1. The molecule has 0 aliphatic carbocycles. The molecule has 2 fully saturated rings. The first-order valence-electron chi connectivity index (χ1n) is 12.6. The summed E-state index contributed by atoms with van der Waals surface area (Å²) in [5.74, 6) is 0.512. The summed E-state index contributed by atoms with van der Waals surface area (Å²) in [6.45, 7) is 3.45. The summed E-state index contributed by atoms with van der Waals surface area (Å²) in [5.41, 5.74) is 2.83. The highest BCUT2D eigenvalue weighted by Crippen LogP contribution is 2.38. The van der Waals surface area contributed by atoms with Crippen molar-refractivity contribution < 1.29 is 9.18 Å². The number of aromatic nitrogens is 1. The van der Waals surface area contributed by atoms with E-state index in [9.17, 15) is 9.18 Å². The van der Waals surface area contributed by atoms with Gasteiger partial charge in [0, 0.05) is 24.7 Å². The van der Waals surface area contributed by atoms with Gasteiger partial charge in [0.2, 0.25) is 5.91 Å². The fourth-order valence-electron chi connectivity index (χ4n) is 5.89. The van der Waals surface area contributed by atoms with Crippen molar-refractivity contribution in [3.05, 3.63) is 77.7 Å². The number of carbonyl (C=O) groups excluding carboxylic acids is 1. The summed E-state index contributed by atoms with van der Waals surface area (Å²) in [4.78, 5) is 22.9. The number of benzene rings is 2. The Kier molecular flexibility index (Phi) is 6.64. The molecule has 3 heterocycles. The summed E-state index contributed by atoms with van der Waals surface area (Å²) in [6.07, 6.45) is 7.28. The monoisotopic (exact) mass is 459 g/mol. The van der Waals surface area contributed by atoms with E-state index in [0.717, 1.165) is 69.4 Å². The largest absolute Gasteiger partial charge is 0.342 e. The van der Waals surface area contributed by atoms with Crippen molar-refractivity contribution >= 4 is 16.8 Å². The Morgan fingerprint density at radius 2 is 1.91 bits per heavy atom. The van der Waals surface area contributed by atoms with Crippen LogP contribution in [0, 0.1) is 17.2 Å². The van der Waals surface area contributed by atoms with E-state index in [-0.39, 0.29) is 11.7 Å². The molecule has 5 heteroatoms. The van der Waals surface area contributed by atoms with Crippen molar-refractivity contribution in [2.24, 2.45) is 11.3 Å². The van der Waals surface area contributed by atoms with Crippen LogP contribution < -0.4 is 0 Å². The third-order valence-electron chi connectivity index (χ3n) is 7.83. The van der Waals surface area contributed by atoms with Crippen molar-refractivity contribution in [3.63, 3.8) is 0 Å². The zero-order chi connectivity index (χ0) is 23.5. The van der Waals surface area contributed by atoms with Crippen LogP contribution in [0.1, 0.15) is 36.8 Å². The number of fused-ring (bicyclic) bond motifs is 1. The molecule has 2 aromatic carbocycles. The molecule has 3 aromatic rings. The second-order valence-corrected chi connectivity index (χ2v) is 10.4. The number of nitrogens with zero attached hydrogens (tertiary/aromatic N) is 3. The fraction of sp³-hybridized carbons (Fsp3) is 0.448. The molecule has 1 amide bonds. The van der Waals surface area contributed by atoms with E-state index < -0.39 is 5.41 Å². The van der Waals surface area contributed by atoms with E-state index in [0.29, 0.717) is 12.3 Å². The fourth-order valence-corrected chi connectivity index (χ4v) is 5.89. The van der Waals surface area contributed by atoms with E-state index in [1.165, 1.54) is 17.0 Å². The van der Waals surface area contributed by atoms with Gasteiger partial charge in [-0.05, 0) is 106 Å². The van der Waals surface area contributed by atoms with Crippen molar-refractivity contribution in [2.45, 2.75) is 38.5 Å². The van der Waals surface area contributed by atoms with E-state index in [4.69, 9.17) is 0 Å². The summed E-state index contributed by atoms with van der Waals surface area (Å²) < 4.78 is 13.9. The van der Waals surface area contributed by atoms with Crippen LogP contribution in [-0.2, 0) is 17.6 Å². The van der Waals surface area contributed by atoms with Gasteiger partial charge in [0.25, 0.3) is 0 Å². The van der Waals surface area contributed by atoms with Gasteiger partial charge in [-0.3, -0.25) is 9.78 Å². The summed E-state index contributed by atoms with van der Waals surface area (Å²) in [5, 5.41) is 1.17. The number of pyridine rings is 1. The van der Waals surface area contributed by atoms with Gasteiger partial charge in [-0.25, -0.2) is 4.39 Å². The van der Waals surface area contributed by atoms with Crippen LogP contribution in [0.2, 0.25) is 0 Å². The number of carbonyl (C=O) groups is 1. The lowest BCUT2D eigenvalue weighted by atomic mass is 9.72. The smallest absolute Gasteiger partial charge is 0.229 e. The lowest BCUT2D eigenvalue weighted by molar-refractivity contribution is -0.147. The van der Waals surface area contributed by atoms with Gasteiger partial charge in [0.1, 0.15) is 5.82 Å². The topological polar surface area (TPSA) is 36.4 Å². The highest BCUT2D eigenvalue weighted by molar-refractivity contribution is 5.83. The van der Waals surface area contributed by atoms with Crippen molar-refractivity contribution in [1.29, 1.82) is 0 Å². The molecular formula is C29H34FN3O. The predicted molar refractivity (Wildman–Crippen MR) is 134 cm³/mol. The Bertz CT molecular complexity index is 1150. The standard InChI is InChI=1S/C29H34FN3O/c1-32-15-11-29(12-16-32,20-23-5-2-8-26(30)19-23)28(34)33-14-4-6-24(21-33)17-22-9-10-27-25(18-22)7-3-13-31-27/h2-3,5,7-10,13,18-19,24H,4,6,11-12,14-17,20-21H2,1H3/t24-/m0/s1. The predicted octanol–water partition coefficient (Wildman–Crippen LogP) is 5.11. The second-order valence-electron chi connectivity index (χ2n) is 10.4. The zero-order valence-corrected chi connectivity index (χ0v) is 20.0. The average Bonchev–Trinajstić information content (AvgIpc) is 2.85. The van der Waals surface area contributed by atoms with E-state index >= 15 is 0 Å². The summed E-state index contributed by atoms with van der Waals surface area (Å²) in [6, 6.07) is 17.4. The molecule has 2 aliphatic rings. The van der Waals surface area contributed by atoms with Gasteiger partial charge < -0.3 is 9.80 Å². The lowest BCUT2D eigenvalue weighted by Gasteiger charge is -2.44. The molecule has 178 valence electrons. The number of halogens is 1. The van der Waals surface area contributed by atoms with Crippen molar-refractivity contribution in [1.82, 2.24) is 14.8 Å². The molecule has 0 bridgehead atoms. The Morgan fingerprint density at radius 1 is 1.06 bits per heavy atom. The first kappa shape index (κ1) is 23.0. The Labute approximate surface area is 201 Å². The lowest BCUT2D eigenvalue weighted by Crippen LogP contribution is -2.53. The molecule has 4 nitrogen and oxygen atoms in total. The van der Waals surface area contributed by atoms with Crippen LogP contribution in [0.4, 0.5) is 4.39 Å². The van der Waals surface area contributed by atoms with Crippen LogP contribution in [-0.4, -0.2) is 53.9 Å². The minimum atomic E-state index is -0.434. The molecule has 5 rings (SSSR count). The number of hydrogen-bond acceptors (Lipinski definition) is 3. The first-order valence-corrected chi connectivity index (χ1v) is 12.6. The minimum absolute atomic E-state index is 0.225. The molecular weight excluding hydrogens is 425 g/mol.